The Kier molecular flexibility index (Phi) is 7.84. The van der Waals surface area contributed by atoms with Crippen molar-refractivity contribution in [3.8, 4) is 0 Å². The minimum absolute atomic E-state index is 0.0421. The molecule has 0 saturated heterocycles. The van der Waals surface area contributed by atoms with Gasteiger partial charge in [0.05, 0.1) is 11.7 Å². The van der Waals surface area contributed by atoms with Crippen molar-refractivity contribution >= 4 is 23.4 Å². The van der Waals surface area contributed by atoms with Gasteiger partial charge in [-0.3, -0.25) is 4.79 Å². The number of rotatable bonds is 8. The Morgan fingerprint density at radius 1 is 1.08 bits per heavy atom. The largest absolute Gasteiger partial charge is 0.458 e. The predicted octanol–water partition coefficient (Wildman–Crippen LogP) is 5.40. The van der Waals surface area contributed by atoms with E-state index in [0.29, 0.717) is 23.8 Å². The first-order valence-electron chi connectivity index (χ1n) is 13.1. The average Bonchev–Trinajstić information content (AvgIpc) is 2.95. The lowest BCUT2D eigenvalue weighted by molar-refractivity contribution is -0.146. The smallest absolute Gasteiger partial charge is 0.323 e. The Hall–Kier alpha value is -4.30. The molecular weight excluding hydrogens is 493 g/mol. The highest BCUT2D eigenvalue weighted by atomic mass is 19.1. The molecule has 7 nitrogen and oxygen atoms in total. The number of nitrogens with one attached hydrogen (secondary N) is 1. The number of hydrogen-bond donors (Lipinski definition) is 2. The molecule has 200 valence electrons. The van der Waals surface area contributed by atoms with Gasteiger partial charge in [0.1, 0.15) is 24.3 Å². The van der Waals surface area contributed by atoms with Gasteiger partial charge < -0.3 is 20.7 Å². The van der Waals surface area contributed by atoms with Crippen LogP contribution in [0.2, 0.25) is 0 Å². The van der Waals surface area contributed by atoms with E-state index < -0.39 is 12.0 Å². The SMILES string of the molecule is Cc1c(COC(=O)[C@@H](N)Cc2ccccc2)nc(Nc2ccc(F)cc2)nc1N1CCc2ccccc2C1C. The number of carbonyl (C=O) groups excluding carboxylic acids is 1. The maximum Gasteiger partial charge on any atom is 0.323 e. The molecule has 4 aromatic rings. The molecule has 0 bridgehead atoms. The standard InChI is InChI=1S/C31H32FN5O2/c1-20-28(19-39-30(38)27(33)18-22-8-4-3-5-9-22)35-31(34-25-14-12-24(32)13-15-25)36-29(20)37-17-16-23-10-6-7-11-26(23)21(37)2/h3-15,21,27H,16-19,33H2,1-2H3,(H,34,35,36)/t21?,27-/m0/s1. The molecule has 0 saturated carbocycles. The summed E-state index contributed by atoms with van der Waals surface area (Å²) in [5, 5.41) is 3.17. The number of nitrogens with two attached hydrogens (primary N) is 1. The summed E-state index contributed by atoms with van der Waals surface area (Å²) < 4.78 is 19.1. The second kappa shape index (κ2) is 11.6. The molecule has 3 aromatic carbocycles. The molecule has 2 heterocycles. The van der Waals surface area contributed by atoms with E-state index in [9.17, 15) is 9.18 Å². The Morgan fingerprint density at radius 3 is 2.56 bits per heavy atom. The van der Waals surface area contributed by atoms with Gasteiger partial charge >= 0.3 is 5.97 Å². The molecule has 1 aliphatic heterocycles. The first-order valence-corrected chi connectivity index (χ1v) is 13.1. The van der Waals surface area contributed by atoms with E-state index in [-0.39, 0.29) is 18.5 Å². The summed E-state index contributed by atoms with van der Waals surface area (Å²) in [7, 11) is 0. The molecule has 8 heteroatoms. The van der Waals surface area contributed by atoms with Gasteiger partial charge in [0.2, 0.25) is 5.95 Å². The van der Waals surface area contributed by atoms with E-state index in [0.717, 1.165) is 29.9 Å². The van der Waals surface area contributed by atoms with Crippen molar-refractivity contribution in [2.24, 2.45) is 5.73 Å². The highest BCUT2D eigenvalue weighted by Gasteiger charge is 2.28. The van der Waals surface area contributed by atoms with Crippen LogP contribution in [0.4, 0.5) is 21.8 Å². The summed E-state index contributed by atoms with van der Waals surface area (Å²) in [5.74, 6) is 0.280. The maximum atomic E-state index is 13.5. The molecule has 0 spiro atoms. The van der Waals surface area contributed by atoms with Crippen molar-refractivity contribution in [2.75, 3.05) is 16.8 Å². The maximum absolute atomic E-state index is 13.5. The Bertz CT molecular complexity index is 1450. The minimum Gasteiger partial charge on any atom is -0.458 e. The van der Waals surface area contributed by atoms with Gasteiger partial charge in [-0.1, -0.05) is 54.6 Å². The zero-order valence-corrected chi connectivity index (χ0v) is 22.1. The number of ether oxygens (including phenoxy) is 1. The normalized spacial score (nSPS) is 15.4. The number of carbonyl (C=O) groups is 1. The van der Waals surface area contributed by atoms with Crippen molar-refractivity contribution in [1.29, 1.82) is 0 Å². The van der Waals surface area contributed by atoms with Crippen LogP contribution in [0.5, 0.6) is 0 Å². The molecule has 1 unspecified atom stereocenters. The summed E-state index contributed by atoms with van der Waals surface area (Å²) in [6.07, 6.45) is 1.28. The molecule has 1 aliphatic rings. The van der Waals surface area contributed by atoms with Crippen molar-refractivity contribution < 1.29 is 13.9 Å². The number of esters is 1. The van der Waals surface area contributed by atoms with Crippen LogP contribution in [0.1, 0.15) is 40.9 Å². The van der Waals surface area contributed by atoms with Crippen LogP contribution in [0, 0.1) is 12.7 Å². The van der Waals surface area contributed by atoms with Crippen molar-refractivity contribution in [3.05, 3.63) is 113 Å². The number of fused-ring (bicyclic) bond motifs is 1. The van der Waals surface area contributed by atoms with Gasteiger partial charge in [0.15, 0.2) is 0 Å². The zero-order chi connectivity index (χ0) is 27.4. The molecular formula is C31H32FN5O2. The van der Waals surface area contributed by atoms with Gasteiger partial charge in [-0.15, -0.1) is 0 Å². The van der Waals surface area contributed by atoms with Gasteiger partial charge in [-0.2, -0.15) is 4.98 Å². The molecule has 0 amide bonds. The number of hydrogen-bond acceptors (Lipinski definition) is 7. The zero-order valence-electron chi connectivity index (χ0n) is 22.1. The Labute approximate surface area is 227 Å². The second-order valence-corrected chi connectivity index (χ2v) is 9.80. The average molecular weight is 526 g/mol. The fourth-order valence-corrected chi connectivity index (χ4v) is 4.95. The van der Waals surface area contributed by atoms with Crippen LogP contribution in [-0.4, -0.2) is 28.5 Å². The van der Waals surface area contributed by atoms with Gasteiger partial charge in [-0.25, -0.2) is 9.37 Å². The first-order chi connectivity index (χ1) is 18.9. The van der Waals surface area contributed by atoms with Crippen molar-refractivity contribution in [1.82, 2.24) is 9.97 Å². The molecule has 39 heavy (non-hydrogen) atoms. The molecule has 0 aliphatic carbocycles. The predicted molar refractivity (Wildman–Crippen MR) is 150 cm³/mol. The third-order valence-corrected chi connectivity index (χ3v) is 7.14. The highest BCUT2D eigenvalue weighted by Crippen LogP contribution is 2.35. The van der Waals surface area contributed by atoms with Crippen LogP contribution in [0.3, 0.4) is 0 Å². The van der Waals surface area contributed by atoms with Crippen LogP contribution in [0.15, 0.2) is 78.9 Å². The van der Waals surface area contributed by atoms with Crippen LogP contribution < -0.4 is 16.0 Å². The van der Waals surface area contributed by atoms with Gasteiger partial charge in [0.25, 0.3) is 0 Å². The lowest BCUT2D eigenvalue weighted by atomic mass is 9.93. The van der Waals surface area contributed by atoms with E-state index in [1.807, 2.05) is 37.3 Å². The Morgan fingerprint density at radius 2 is 1.79 bits per heavy atom. The van der Waals surface area contributed by atoms with E-state index in [1.54, 1.807) is 12.1 Å². The lowest BCUT2D eigenvalue weighted by Crippen LogP contribution is -2.36. The topological polar surface area (TPSA) is 93.4 Å². The monoisotopic (exact) mass is 525 g/mol. The highest BCUT2D eigenvalue weighted by molar-refractivity contribution is 5.76. The van der Waals surface area contributed by atoms with E-state index in [2.05, 4.69) is 46.4 Å². The quantitative estimate of drug-likeness (QED) is 0.297. The minimum atomic E-state index is -0.788. The van der Waals surface area contributed by atoms with Gasteiger partial charge in [0, 0.05) is 17.8 Å². The van der Waals surface area contributed by atoms with Gasteiger partial charge in [-0.05, 0) is 67.6 Å². The fraction of sp³-hybridized carbons (Fsp3) is 0.258. The molecule has 2 atom stereocenters. The molecule has 5 rings (SSSR count). The van der Waals surface area contributed by atoms with Crippen LogP contribution >= 0.6 is 0 Å². The third kappa shape index (κ3) is 6.07. The molecule has 0 fully saturated rings. The summed E-state index contributed by atoms with van der Waals surface area (Å²) in [5.41, 5.74) is 11.8. The van der Waals surface area contributed by atoms with E-state index in [1.165, 1.54) is 23.3 Å². The number of anilines is 3. The number of nitrogens with zero attached hydrogens (tertiary/aromatic N) is 3. The lowest BCUT2D eigenvalue weighted by Gasteiger charge is -2.37. The fourth-order valence-electron chi connectivity index (χ4n) is 4.95. The van der Waals surface area contributed by atoms with Crippen molar-refractivity contribution in [2.45, 2.75) is 45.4 Å². The van der Waals surface area contributed by atoms with Crippen molar-refractivity contribution in [3.63, 3.8) is 0 Å². The van der Waals surface area contributed by atoms with E-state index >= 15 is 0 Å². The third-order valence-electron chi connectivity index (χ3n) is 7.14. The Balaban J connectivity index is 1.41. The summed E-state index contributed by atoms with van der Waals surface area (Å²) >= 11 is 0. The summed E-state index contributed by atoms with van der Waals surface area (Å²) in [6, 6.07) is 23.3. The second-order valence-electron chi connectivity index (χ2n) is 9.80. The van der Waals surface area contributed by atoms with Crippen LogP contribution in [0.25, 0.3) is 0 Å². The molecule has 3 N–H and O–H groups in total. The number of benzene rings is 3. The number of halogens is 1. The number of aromatic nitrogens is 2. The summed E-state index contributed by atoms with van der Waals surface area (Å²) in [6.45, 7) is 4.85. The first kappa shape index (κ1) is 26.3. The molecule has 0 radical (unpaired) electrons. The molecule has 1 aromatic heterocycles. The van der Waals surface area contributed by atoms with E-state index in [4.69, 9.17) is 15.5 Å². The van der Waals surface area contributed by atoms with Crippen LogP contribution in [-0.2, 0) is 29.0 Å². The summed E-state index contributed by atoms with van der Waals surface area (Å²) in [4.78, 5) is 24.5.